The molecule has 1 saturated heterocycles. The third-order valence-corrected chi connectivity index (χ3v) is 4.78. The van der Waals surface area contributed by atoms with E-state index in [0.717, 1.165) is 36.9 Å². The molecule has 1 heterocycles. The number of amides is 1. The quantitative estimate of drug-likeness (QED) is 0.735. The number of carbonyl (C=O) groups excluding carboxylic acids is 1. The van der Waals surface area contributed by atoms with E-state index in [0.29, 0.717) is 24.9 Å². The highest BCUT2D eigenvalue weighted by atomic mass is 32.2. The predicted molar refractivity (Wildman–Crippen MR) is 93.2 cm³/mol. The molecule has 0 saturated carbocycles. The zero-order chi connectivity index (χ0) is 16.5. The van der Waals surface area contributed by atoms with Crippen LogP contribution in [-0.4, -0.2) is 62.1 Å². The molecule has 1 atom stereocenters. The van der Waals surface area contributed by atoms with Gasteiger partial charge in [-0.2, -0.15) is 0 Å². The van der Waals surface area contributed by atoms with Gasteiger partial charge in [0.05, 0.1) is 25.6 Å². The van der Waals surface area contributed by atoms with Crippen LogP contribution in [0.25, 0.3) is 0 Å². The molecule has 0 aliphatic carbocycles. The number of nitrogens with one attached hydrogen (secondary N) is 1. The number of morpholine rings is 1. The summed E-state index contributed by atoms with van der Waals surface area (Å²) in [7, 11) is 0. The Kier molecular flexibility index (Phi) is 7.71. The Morgan fingerprint density at radius 3 is 2.70 bits per heavy atom. The molecule has 1 aliphatic heterocycles. The van der Waals surface area contributed by atoms with Crippen LogP contribution in [0.5, 0.6) is 5.75 Å². The van der Waals surface area contributed by atoms with Crippen LogP contribution in [0.3, 0.4) is 0 Å². The second-order valence-corrected chi connectivity index (χ2v) is 6.54. The third-order valence-electron chi connectivity index (χ3n) is 3.77. The lowest BCUT2D eigenvalue weighted by atomic mass is 10.2. The number of hydrogen-bond donors (Lipinski definition) is 1. The number of carbonyl (C=O) groups is 1. The van der Waals surface area contributed by atoms with E-state index in [1.54, 1.807) is 11.8 Å². The maximum atomic E-state index is 12.0. The maximum absolute atomic E-state index is 12.0. The van der Waals surface area contributed by atoms with Gasteiger partial charge in [0.1, 0.15) is 5.75 Å². The van der Waals surface area contributed by atoms with E-state index >= 15 is 0 Å². The summed E-state index contributed by atoms with van der Waals surface area (Å²) in [6.07, 6.45) is 0. The molecule has 6 heteroatoms. The molecule has 1 aromatic rings. The molecule has 1 N–H and O–H groups in total. The molecule has 1 aromatic carbocycles. The van der Waals surface area contributed by atoms with Gasteiger partial charge in [0.15, 0.2) is 0 Å². The van der Waals surface area contributed by atoms with Crippen molar-refractivity contribution in [1.29, 1.82) is 0 Å². The average Bonchev–Trinajstić information content (AvgIpc) is 2.60. The van der Waals surface area contributed by atoms with E-state index in [-0.39, 0.29) is 5.91 Å². The monoisotopic (exact) mass is 338 g/mol. The van der Waals surface area contributed by atoms with E-state index in [1.165, 1.54) is 0 Å². The van der Waals surface area contributed by atoms with Gasteiger partial charge in [-0.25, -0.2) is 0 Å². The van der Waals surface area contributed by atoms with Crippen LogP contribution in [0.1, 0.15) is 13.8 Å². The molecule has 1 amide bonds. The van der Waals surface area contributed by atoms with Crippen molar-refractivity contribution in [2.24, 2.45) is 0 Å². The Morgan fingerprint density at radius 2 is 2.04 bits per heavy atom. The molecule has 23 heavy (non-hydrogen) atoms. The van der Waals surface area contributed by atoms with Crippen LogP contribution in [0.15, 0.2) is 29.2 Å². The number of hydrogen-bond acceptors (Lipinski definition) is 5. The van der Waals surface area contributed by atoms with Crippen molar-refractivity contribution in [2.45, 2.75) is 24.8 Å². The SMILES string of the molecule is CCOc1ccc(SCC(=O)NC[C@@H](C)N2CCOCC2)cc1. The molecule has 0 bridgehead atoms. The highest BCUT2D eigenvalue weighted by Gasteiger charge is 2.17. The van der Waals surface area contributed by atoms with Crippen molar-refractivity contribution < 1.29 is 14.3 Å². The van der Waals surface area contributed by atoms with E-state index in [2.05, 4.69) is 17.1 Å². The summed E-state index contributed by atoms with van der Waals surface area (Å²) in [6.45, 7) is 8.91. The fourth-order valence-corrected chi connectivity index (χ4v) is 3.14. The van der Waals surface area contributed by atoms with Gasteiger partial charge in [0, 0.05) is 30.6 Å². The minimum absolute atomic E-state index is 0.0731. The number of benzene rings is 1. The number of thioether (sulfide) groups is 1. The van der Waals surface area contributed by atoms with Crippen LogP contribution in [0.4, 0.5) is 0 Å². The smallest absolute Gasteiger partial charge is 0.230 e. The first kappa shape index (κ1) is 18.1. The highest BCUT2D eigenvalue weighted by molar-refractivity contribution is 8.00. The van der Waals surface area contributed by atoms with Gasteiger partial charge in [0.2, 0.25) is 5.91 Å². The van der Waals surface area contributed by atoms with Crippen molar-refractivity contribution in [2.75, 3.05) is 45.2 Å². The second-order valence-electron chi connectivity index (χ2n) is 5.49. The van der Waals surface area contributed by atoms with Gasteiger partial charge in [0.25, 0.3) is 0 Å². The molecule has 0 aromatic heterocycles. The molecular formula is C17H26N2O3S. The van der Waals surface area contributed by atoms with E-state index in [9.17, 15) is 4.79 Å². The summed E-state index contributed by atoms with van der Waals surface area (Å²) in [4.78, 5) is 15.4. The first-order valence-electron chi connectivity index (χ1n) is 8.13. The molecule has 2 rings (SSSR count). The summed E-state index contributed by atoms with van der Waals surface area (Å²) in [5, 5.41) is 3.01. The van der Waals surface area contributed by atoms with Crippen molar-refractivity contribution in [1.82, 2.24) is 10.2 Å². The van der Waals surface area contributed by atoms with Crippen LogP contribution < -0.4 is 10.1 Å². The van der Waals surface area contributed by atoms with E-state index in [4.69, 9.17) is 9.47 Å². The standard InChI is InChI=1S/C17H26N2O3S/c1-3-22-15-4-6-16(7-5-15)23-13-17(20)18-12-14(2)19-8-10-21-11-9-19/h4-7,14H,3,8-13H2,1-2H3,(H,18,20)/t14-/m1/s1. The Bertz CT molecular complexity index is 475. The molecule has 128 valence electrons. The van der Waals surface area contributed by atoms with Gasteiger partial charge >= 0.3 is 0 Å². The normalized spacial score (nSPS) is 16.8. The molecular weight excluding hydrogens is 312 g/mol. The van der Waals surface area contributed by atoms with Gasteiger partial charge < -0.3 is 14.8 Å². The second kappa shape index (κ2) is 9.80. The minimum atomic E-state index is 0.0731. The van der Waals surface area contributed by atoms with E-state index in [1.807, 2.05) is 31.2 Å². The van der Waals surface area contributed by atoms with Crippen LogP contribution in [-0.2, 0) is 9.53 Å². The minimum Gasteiger partial charge on any atom is -0.494 e. The predicted octanol–water partition coefficient (Wildman–Crippen LogP) is 2.01. The Morgan fingerprint density at radius 1 is 1.35 bits per heavy atom. The lowest BCUT2D eigenvalue weighted by Gasteiger charge is -2.32. The average molecular weight is 338 g/mol. The third kappa shape index (κ3) is 6.41. The summed E-state index contributed by atoms with van der Waals surface area (Å²) >= 11 is 1.54. The number of nitrogens with zero attached hydrogens (tertiary/aromatic N) is 1. The maximum Gasteiger partial charge on any atom is 0.230 e. The van der Waals surface area contributed by atoms with Crippen molar-refractivity contribution in [3.8, 4) is 5.75 Å². The molecule has 0 spiro atoms. The lowest BCUT2D eigenvalue weighted by molar-refractivity contribution is -0.118. The van der Waals surface area contributed by atoms with Crippen molar-refractivity contribution >= 4 is 17.7 Å². The zero-order valence-electron chi connectivity index (χ0n) is 13.9. The van der Waals surface area contributed by atoms with Crippen LogP contribution >= 0.6 is 11.8 Å². The van der Waals surface area contributed by atoms with Gasteiger partial charge in [-0.1, -0.05) is 0 Å². The topological polar surface area (TPSA) is 50.8 Å². The fourth-order valence-electron chi connectivity index (χ4n) is 2.41. The molecule has 0 unspecified atom stereocenters. The summed E-state index contributed by atoms with van der Waals surface area (Å²) in [6, 6.07) is 8.19. The van der Waals surface area contributed by atoms with Gasteiger partial charge in [-0.3, -0.25) is 9.69 Å². The zero-order valence-corrected chi connectivity index (χ0v) is 14.7. The van der Waals surface area contributed by atoms with Crippen LogP contribution in [0.2, 0.25) is 0 Å². The first-order chi connectivity index (χ1) is 11.2. The van der Waals surface area contributed by atoms with Crippen molar-refractivity contribution in [3.63, 3.8) is 0 Å². The first-order valence-corrected chi connectivity index (χ1v) is 9.11. The lowest BCUT2D eigenvalue weighted by Crippen LogP contribution is -2.47. The van der Waals surface area contributed by atoms with Crippen molar-refractivity contribution in [3.05, 3.63) is 24.3 Å². The Balaban J connectivity index is 1.66. The van der Waals surface area contributed by atoms with E-state index < -0.39 is 0 Å². The molecule has 0 radical (unpaired) electrons. The Hall–Kier alpha value is -1.24. The Labute approximate surface area is 142 Å². The molecule has 5 nitrogen and oxygen atoms in total. The highest BCUT2D eigenvalue weighted by Crippen LogP contribution is 2.21. The van der Waals surface area contributed by atoms with Gasteiger partial charge in [-0.15, -0.1) is 11.8 Å². The molecule has 1 aliphatic rings. The molecule has 1 fully saturated rings. The number of rotatable bonds is 8. The largest absolute Gasteiger partial charge is 0.494 e. The fraction of sp³-hybridized carbons (Fsp3) is 0.588. The number of ether oxygens (including phenoxy) is 2. The van der Waals surface area contributed by atoms with Crippen LogP contribution in [0, 0.1) is 0 Å². The summed E-state index contributed by atoms with van der Waals surface area (Å²) < 4.78 is 10.8. The summed E-state index contributed by atoms with van der Waals surface area (Å²) in [5.41, 5.74) is 0. The summed E-state index contributed by atoms with van der Waals surface area (Å²) in [5.74, 6) is 1.37. The van der Waals surface area contributed by atoms with Gasteiger partial charge in [-0.05, 0) is 38.1 Å².